The van der Waals surface area contributed by atoms with Crippen LogP contribution in [0, 0.1) is 5.92 Å². The molecule has 2 unspecified atom stereocenters. The summed E-state index contributed by atoms with van der Waals surface area (Å²) in [6, 6.07) is 2.31. The van der Waals surface area contributed by atoms with Gasteiger partial charge in [-0.25, -0.2) is 9.97 Å². The van der Waals surface area contributed by atoms with Gasteiger partial charge in [0.25, 0.3) is 0 Å². The lowest BCUT2D eigenvalue weighted by molar-refractivity contribution is 0.365. The fourth-order valence-corrected chi connectivity index (χ4v) is 4.01. The third-order valence-electron chi connectivity index (χ3n) is 4.80. The van der Waals surface area contributed by atoms with Crippen LogP contribution in [-0.4, -0.2) is 46.1 Å². The van der Waals surface area contributed by atoms with Crippen LogP contribution in [0.3, 0.4) is 0 Å². The van der Waals surface area contributed by atoms with E-state index in [9.17, 15) is 0 Å². The molecule has 0 radical (unpaired) electrons. The Hall–Kier alpha value is -2.35. The smallest absolute Gasteiger partial charge is 0.227 e. The molecular formula is C16H21N7S. The van der Waals surface area contributed by atoms with Crippen molar-refractivity contribution in [1.82, 2.24) is 19.9 Å². The highest BCUT2D eigenvalue weighted by molar-refractivity contribution is 7.19. The molecule has 8 heteroatoms. The second-order valence-corrected chi connectivity index (χ2v) is 7.43. The van der Waals surface area contributed by atoms with Gasteiger partial charge in [-0.2, -0.15) is 4.98 Å². The number of anilines is 3. The second kappa shape index (κ2) is 5.94. The van der Waals surface area contributed by atoms with Crippen LogP contribution in [0.15, 0.2) is 24.7 Å². The van der Waals surface area contributed by atoms with Crippen molar-refractivity contribution in [3.05, 3.63) is 24.7 Å². The molecule has 0 aromatic carbocycles. The van der Waals surface area contributed by atoms with Gasteiger partial charge in [-0.3, -0.25) is 0 Å². The number of nitrogens with zero attached hydrogens (tertiary/aromatic N) is 5. The molecule has 1 fully saturated rings. The summed E-state index contributed by atoms with van der Waals surface area (Å²) in [5.74, 6) is 1.31. The lowest BCUT2D eigenvalue weighted by atomic mass is 9.93. The number of aromatic nitrogens is 4. The molecule has 0 amide bonds. The van der Waals surface area contributed by atoms with Gasteiger partial charge in [0.2, 0.25) is 5.95 Å². The molecule has 0 saturated carbocycles. The minimum Gasteiger partial charge on any atom is -0.389 e. The molecule has 3 aromatic rings. The summed E-state index contributed by atoms with van der Waals surface area (Å²) in [6.07, 6.45) is 6.61. The normalized spacial score (nSPS) is 21.3. The minimum atomic E-state index is 0.330. The zero-order chi connectivity index (χ0) is 16.7. The molecule has 7 nitrogen and oxygen atoms in total. The van der Waals surface area contributed by atoms with E-state index >= 15 is 0 Å². The predicted molar refractivity (Wildman–Crippen MR) is 98.6 cm³/mol. The largest absolute Gasteiger partial charge is 0.389 e. The van der Waals surface area contributed by atoms with Crippen LogP contribution in [0.2, 0.25) is 0 Å². The Kier molecular flexibility index (Phi) is 3.76. The molecule has 1 aliphatic rings. The summed E-state index contributed by atoms with van der Waals surface area (Å²) >= 11 is 1.55. The van der Waals surface area contributed by atoms with Crippen LogP contribution in [0.5, 0.6) is 0 Å². The maximum atomic E-state index is 5.84. The van der Waals surface area contributed by atoms with Crippen molar-refractivity contribution in [3.8, 4) is 0 Å². The third-order valence-corrected chi connectivity index (χ3v) is 5.69. The first-order valence-corrected chi connectivity index (χ1v) is 8.92. The van der Waals surface area contributed by atoms with Gasteiger partial charge in [-0.05, 0) is 18.4 Å². The summed E-state index contributed by atoms with van der Waals surface area (Å²) in [5, 5.41) is 2.79. The van der Waals surface area contributed by atoms with Gasteiger partial charge < -0.3 is 20.5 Å². The lowest BCUT2D eigenvalue weighted by Crippen LogP contribution is -2.51. The number of nitrogens with two attached hydrogens (primary N) is 1. The number of piperidine rings is 1. The Morgan fingerprint density at radius 2 is 2.25 bits per heavy atom. The van der Waals surface area contributed by atoms with Crippen LogP contribution in [0.4, 0.5) is 16.1 Å². The number of likely N-dealkylation sites (N-methyl/N-ethyl adjacent to an activating group) is 1. The van der Waals surface area contributed by atoms with Gasteiger partial charge >= 0.3 is 0 Å². The summed E-state index contributed by atoms with van der Waals surface area (Å²) in [7, 11) is 2.07. The molecule has 0 aliphatic carbocycles. The molecule has 4 rings (SSSR count). The molecule has 126 valence electrons. The Labute approximate surface area is 144 Å². The van der Waals surface area contributed by atoms with E-state index in [1.807, 2.05) is 18.5 Å². The quantitative estimate of drug-likeness (QED) is 0.759. The van der Waals surface area contributed by atoms with E-state index in [0.717, 1.165) is 46.6 Å². The maximum Gasteiger partial charge on any atom is 0.227 e. The van der Waals surface area contributed by atoms with Crippen LogP contribution in [-0.2, 0) is 0 Å². The Balaban J connectivity index is 1.58. The topological polar surface area (TPSA) is 87.0 Å². The molecule has 1 saturated heterocycles. The van der Waals surface area contributed by atoms with Gasteiger partial charge in [0, 0.05) is 37.9 Å². The van der Waals surface area contributed by atoms with Crippen molar-refractivity contribution in [2.75, 3.05) is 35.7 Å². The first kappa shape index (κ1) is 15.2. The maximum absolute atomic E-state index is 5.84. The van der Waals surface area contributed by atoms with Gasteiger partial charge in [-0.1, -0.05) is 18.3 Å². The molecule has 0 spiro atoms. The fourth-order valence-electron chi connectivity index (χ4n) is 3.30. The number of aromatic amines is 1. The summed E-state index contributed by atoms with van der Waals surface area (Å²) in [4.78, 5) is 21.3. The monoisotopic (exact) mass is 343 g/mol. The van der Waals surface area contributed by atoms with Crippen LogP contribution >= 0.6 is 11.3 Å². The number of hydrogen-bond acceptors (Lipinski definition) is 7. The molecule has 1 aliphatic heterocycles. The van der Waals surface area contributed by atoms with Crippen molar-refractivity contribution in [2.24, 2.45) is 5.92 Å². The third kappa shape index (κ3) is 2.66. The number of nitrogens with one attached hydrogen (secondary N) is 1. The van der Waals surface area contributed by atoms with E-state index in [1.54, 1.807) is 17.5 Å². The molecule has 3 N–H and O–H groups in total. The Bertz CT molecular complexity index is 842. The lowest BCUT2D eigenvalue weighted by Gasteiger charge is -2.41. The molecular weight excluding hydrogens is 322 g/mol. The zero-order valence-corrected chi connectivity index (χ0v) is 14.6. The van der Waals surface area contributed by atoms with Crippen LogP contribution < -0.4 is 15.5 Å². The zero-order valence-electron chi connectivity index (χ0n) is 13.8. The first-order chi connectivity index (χ1) is 11.6. The van der Waals surface area contributed by atoms with Gasteiger partial charge in [0.15, 0.2) is 5.13 Å². The summed E-state index contributed by atoms with van der Waals surface area (Å²) < 4.78 is 0. The minimum absolute atomic E-state index is 0.330. The average molecular weight is 343 g/mol. The van der Waals surface area contributed by atoms with Crippen molar-refractivity contribution >= 4 is 38.5 Å². The number of H-pyrrole nitrogens is 1. The molecule has 3 aromatic heterocycles. The van der Waals surface area contributed by atoms with Crippen LogP contribution in [0.25, 0.3) is 11.0 Å². The van der Waals surface area contributed by atoms with Gasteiger partial charge in [0.1, 0.15) is 10.6 Å². The van der Waals surface area contributed by atoms with Crippen molar-refractivity contribution < 1.29 is 0 Å². The number of hydrogen-bond donors (Lipinski definition) is 2. The standard InChI is InChI=1S/C16H21N7S/c1-10-4-6-23(16-20-8-13(17)24-16)9-12(10)22(2)15-19-7-11-3-5-18-14(11)21-15/h3,5,7-8,10,12H,4,6,9,17H2,1-2H3,(H,18,19,21). The molecule has 0 bridgehead atoms. The molecule has 2 atom stereocenters. The van der Waals surface area contributed by atoms with Gasteiger partial charge in [0.05, 0.1) is 12.2 Å². The Morgan fingerprint density at radius 3 is 3.04 bits per heavy atom. The molecule has 4 heterocycles. The van der Waals surface area contributed by atoms with E-state index in [0.29, 0.717) is 12.0 Å². The summed E-state index contributed by atoms with van der Waals surface area (Å²) in [5.41, 5.74) is 6.71. The van der Waals surface area contributed by atoms with Gasteiger partial charge in [-0.15, -0.1) is 0 Å². The van der Waals surface area contributed by atoms with E-state index in [1.165, 1.54) is 0 Å². The van der Waals surface area contributed by atoms with E-state index in [4.69, 9.17) is 5.73 Å². The number of nitrogen functional groups attached to an aromatic ring is 1. The summed E-state index contributed by atoms with van der Waals surface area (Å²) in [6.45, 7) is 4.20. The fraction of sp³-hybridized carbons (Fsp3) is 0.438. The highest BCUT2D eigenvalue weighted by atomic mass is 32.1. The van der Waals surface area contributed by atoms with Crippen molar-refractivity contribution in [3.63, 3.8) is 0 Å². The van der Waals surface area contributed by atoms with E-state index in [2.05, 4.69) is 43.7 Å². The highest BCUT2D eigenvalue weighted by Gasteiger charge is 2.31. The average Bonchev–Trinajstić information content (AvgIpc) is 3.22. The van der Waals surface area contributed by atoms with Crippen molar-refractivity contribution in [1.29, 1.82) is 0 Å². The Morgan fingerprint density at radius 1 is 1.38 bits per heavy atom. The van der Waals surface area contributed by atoms with E-state index < -0.39 is 0 Å². The first-order valence-electron chi connectivity index (χ1n) is 8.11. The highest BCUT2D eigenvalue weighted by Crippen LogP contribution is 2.31. The van der Waals surface area contributed by atoms with Crippen molar-refractivity contribution in [2.45, 2.75) is 19.4 Å². The number of rotatable bonds is 3. The SMILES string of the molecule is CC1CCN(c2ncc(N)s2)CC1N(C)c1ncc2cc[nH]c2n1. The number of fused-ring (bicyclic) bond motifs is 1. The second-order valence-electron chi connectivity index (χ2n) is 6.39. The predicted octanol–water partition coefficient (Wildman–Crippen LogP) is 2.35. The van der Waals surface area contributed by atoms with Crippen LogP contribution in [0.1, 0.15) is 13.3 Å². The van der Waals surface area contributed by atoms with E-state index in [-0.39, 0.29) is 0 Å². The number of thiazole rings is 1. The molecule has 24 heavy (non-hydrogen) atoms.